The normalized spacial score (nSPS) is 11.4. The van der Waals surface area contributed by atoms with E-state index in [1.807, 2.05) is 42.5 Å². The third kappa shape index (κ3) is 2.87. The van der Waals surface area contributed by atoms with Crippen LogP contribution in [0.1, 0.15) is 15.2 Å². The molecule has 0 aliphatic carbocycles. The molecule has 6 heteroatoms. The maximum atomic E-state index is 12.3. The number of phenolic OH excluding ortho intramolecular Hbond substituents is 1. The van der Waals surface area contributed by atoms with Gasteiger partial charge in [0.05, 0.1) is 6.21 Å². The van der Waals surface area contributed by atoms with Crippen LogP contribution in [0.3, 0.4) is 0 Å². The monoisotopic (exact) mass is 362 g/mol. The summed E-state index contributed by atoms with van der Waals surface area (Å²) in [5.74, 6) is -0.371. The fourth-order valence-corrected chi connectivity index (χ4v) is 3.78. The van der Waals surface area contributed by atoms with E-state index in [0.29, 0.717) is 10.9 Å². The third-order valence-electron chi connectivity index (χ3n) is 4.02. The van der Waals surface area contributed by atoms with Crippen molar-refractivity contribution in [2.45, 2.75) is 0 Å². The van der Waals surface area contributed by atoms with Gasteiger partial charge in [-0.15, -0.1) is 11.3 Å². The van der Waals surface area contributed by atoms with Crippen LogP contribution in [-0.4, -0.2) is 22.3 Å². The number of benzene rings is 3. The topological polar surface area (TPSA) is 81.9 Å². The number of nitrogens with one attached hydrogen (secondary N) is 1. The van der Waals surface area contributed by atoms with Gasteiger partial charge in [0.15, 0.2) is 0 Å². The molecule has 0 bridgehead atoms. The van der Waals surface area contributed by atoms with E-state index in [4.69, 9.17) is 0 Å². The zero-order valence-corrected chi connectivity index (χ0v) is 14.3. The predicted octanol–water partition coefficient (Wildman–Crippen LogP) is 4.23. The summed E-state index contributed by atoms with van der Waals surface area (Å²) in [6.45, 7) is 0. The van der Waals surface area contributed by atoms with Gasteiger partial charge >= 0.3 is 0 Å². The summed E-state index contributed by atoms with van der Waals surface area (Å²) in [5, 5.41) is 26.5. The van der Waals surface area contributed by atoms with Gasteiger partial charge in [0, 0.05) is 15.5 Å². The van der Waals surface area contributed by atoms with Crippen LogP contribution < -0.4 is 5.43 Å². The Kier molecular flexibility index (Phi) is 4.02. The number of hydrazone groups is 1. The highest BCUT2D eigenvalue weighted by molar-refractivity contribution is 7.21. The van der Waals surface area contributed by atoms with Gasteiger partial charge in [-0.05, 0) is 35.2 Å². The van der Waals surface area contributed by atoms with Crippen LogP contribution in [0.2, 0.25) is 0 Å². The van der Waals surface area contributed by atoms with Gasteiger partial charge < -0.3 is 10.2 Å². The zero-order chi connectivity index (χ0) is 18.1. The van der Waals surface area contributed by atoms with E-state index in [1.54, 1.807) is 18.2 Å². The third-order valence-corrected chi connectivity index (χ3v) is 5.18. The highest BCUT2D eigenvalue weighted by atomic mass is 32.1. The summed E-state index contributed by atoms with van der Waals surface area (Å²) in [6, 6.07) is 18.2. The Morgan fingerprint density at radius 2 is 1.73 bits per heavy atom. The zero-order valence-electron chi connectivity index (χ0n) is 13.5. The van der Waals surface area contributed by atoms with E-state index >= 15 is 0 Å². The molecule has 5 nitrogen and oxygen atoms in total. The van der Waals surface area contributed by atoms with Crippen molar-refractivity contribution in [1.29, 1.82) is 0 Å². The quantitative estimate of drug-likeness (QED) is 0.377. The molecule has 26 heavy (non-hydrogen) atoms. The van der Waals surface area contributed by atoms with Crippen LogP contribution in [0.25, 0.3) is 20.9 Å². The number of rotatable bonds is 3. The number of carbonyl (C=O) groups is 1. The Morgan fingerprint density at radius 1 is 1.00 bits per heavy atom. The summed E-state index contributed by atoms with van der Waals surface area (Å²) < 4.78 is 0.832. The lowest BCUT2D eigenvalue weighted by molar-refractivity contribution is 0.0957. The summed E-state index contributed by atoms with van der Waals surface area (Å²) in [5.41, 5.74) is 3.07. The molecule has 1 amide bonds. The van der Waals surface area contributed by atoms with Crippen LogP contribution in [0.15, 0.2) is 65.8 Å². The smallest absolute Gasteiger partial charge is 0.285 e. The molecule has 4 rings (SSSR count). The second kappa shape index (κ2) is 6.50. The molecule has 3 N–H and O–H groups in total. The Morgan fingerprint density at radius 3 is 2.54 bits per heavy atom. The molecule has 0 aliphatic rings. The molecule has 0 unspecified atom stereocenters. The van der Waals surface area contributed by atoms with Crippen molar-refractivity contribution < 1.29 is 15.0 Å². The van der Waals surface area contributed by atoms with Crippen LogP contribution >= 0.6 is 11.3 Å². The number of carbonyl (C=O) groups excluding carboxylic acids is 1. The van der Waals surface area contributed by atoms with Crippen LogP contribution in [0, 0.1) is 0 Å². The lowest BCUT2D eigenvalue weighted by Crippen LogP contribution is -2.16. The van der Waals surface area contributed by atoms with Gasteiger partial charge in [-0.2, -0.15) is 5.10 Å². The minimum absolute atomic E-state index is 0.0401. The van der Waals surface area contributed by atoms with E-state index in [1.165, 1.54) is 17.6 Å². The van der Waals surface area contributed by atoms with Crippen LogP contribution in [0.4, 0.5) is 0 Å². The number of hydrogen-bond acceptors (Lipinski definition) is 5. The number of amides is 1. The molecule has 0 spiro atoms. The number of hydrogen-bond donors (Lipinski definition) is 3. The van der Waals surface area contributed by atoms with Gasteiger partial charge in [0.2, 0.25) is 0 Å². The highest BCUT2D eigenvalue weighted by Crippen LogP contribution is 2.36. The molecule has 0 aliphatic heterocycles. The Bertz CT molecular complexity index is 1160. The number of aromatic hydroxyl groups is 2. The van der Waals surface area contributed by atoms with Crippen LogP contribution in [-0.2, 0) is 0 Å². The van der Waals surface area contributed by atoms with Crippen molar-refractivity contribution in [3.63, 3.8) is 0 Å². The molecule has 0 saturated heterocycles. The summed E-state index contributed by atoms with van der Waals surface area (Å²) in [4.78, 5) is 12.5. The van der Waals surface area contributed by atoms with E-state index in [2.05, 4.69) is 10.5 Å². The van der Waals surface area contributed by atoms with Gasteiger partial charge in [0.1, 0.15) is 16.4 Å². The number of fused-ring (bicyclic) bond motifs is 2. The van der Waals surface area contributed by atoms with Crippen molar-refractivity contribution in [2.75, 3.05) is 0 Å². The van der Waals surface area contributed by atoms with Gasteiger partial charge in [0.25, 0.3) is 5.91 Å². The average Bonchev–Trinajstić information content (AvgIpc) is 2.99. The molecule has 1 heterocycles. The van der Waals surface area contributed by atoms with Crippen LogP contribution in [0.5, 0.6) is 11.5 Å². The molecule has 0 radical (unpaired) electrons. The minimum Gasteiger partial charge on any atom is -0.507 e. The average molecular weight is 362 g/mol. The van der Waals surface area contributed by atoms with E-state index in [-0.39, 0.29) is 16.4 Å². The van der Waals surface area contributed by atoms with Gasteiger partial charge in [-0.25, -0.2) is 5.43 Å². The molecule has 0 atom stereocenters. The maximum absolute atomic E-state index is 12.3. The summed E-state index contributed by atoms with van der Waals surface area (Å²) in [6.07, 6.45) is 1.45. The van der Waals surface area contributed by atoms with E-state index in [0.717, 1.165) is 15.5 Å². The molecule has 3 aromatic carbocycles. The second-order valence-corrected chi connectivity index (χ2v) is 6.79. The Hall–Kier alpha value is -3.38. The highest BCUT2D eigenvalue weighted by Gasteiger charge is 2.17. The minimum atomic E-state index is -0.482. The standard InChI is InChI=1S/C20H14N2O3S/c23-16-10-12(9-13-5-1-2-6-14(13)16)11-21-22-20(25)19-18(24)15-7-3-4-8-17(15)26-19/h1-11,23-24H,(H,22,25)/b21-11+. The molecular formula is C20H14N2O3S. The fraction of sp³-hybridized carbons (Fsp3) is 0. The number of nitrogens with zero attached hydrogens (tertiary/aromatic N) is 1. The summed E-state index contributed by atoms with van der Waals surface area (Å²) in [7, 11) is 0. The first-order valence-corrected chi connectivity index (χ1v) is 8.71. The predicted molar refractivity (Wildman–Crippen MR) is 104 cm³/mol. The van der Waals surface area contributed by atoms with Crippen molar-refractivity contribution in [3.05, 3.63) is 71.1 Å². The second-order valence-electron chi connectivity index (χ2n) is 5.74. The first-order chi connectivity index (χ1) is 12.6. The lowest BCUT2D eigenvalue weighted by Gasteiger charge is -2.03. The van der Waals surface area contributed by atoms with Gasteiger partial charge in [-0.1, -0.05) is 36.4 Å². The molecule has 4 aromatic rings. The maximum Gasteiger partial charge on any atom is 0.285 e. The molecule has 1 aromatic heterocycles. The van der Waals surface area contributed by atoms with E-state index < -0.39 is 5.91 Å². The van der Waals surface area contributed by atoms with Crippen molar-refractivity contribution in [1.82, 2.24) is 5.43 Å². The first kappa shape index (κ1) is 16.1. The van der Waals surface area contributed by atoms with Gasteiger partial charge in [-0.3, -0.25) is 4.79 Å². The first-order valence-electron chi connectivity index (χ1n) is 7.89. The molecule has 0 saturated carbocycles. The number of thiophene rings is 1. The Balaban J connectivity index is 1.56. The fourth-order valence-electron chi connectivity index (χ4n) is 2.79. The molecular weight excluding hydrogens is 348 g/mol. The SMILES string of the molecule is O=C(N/N=C/c1cc(O)c2ccccc2c1)c1sc2ccccc2c1O. The van der Waals surface area contributed by atoms with Crippen molar-refractivity contribution in [3.8, 4) is 11.5 Å². The summed E-state index contributed by atoms with van der Waals surface area (Å²) >= 11 is 1.21. The lowest BCUT2D eigenvalue weighted by atomic mass is 10.1. The molecule has 128 valence electrons. The Labute approximate surface area is 152 Å². The largest absolute Gasteiger partial charge is 0.507 e. The van der Waals surface area contributed by atoms with Crippen molar-refractivity contribution in [2.24, 2.45) is 5.10 Å². The van der Waals surface area contributed by atoms with E-state index in [9.17, 15) is 15.0 Å². The molecule has 0 fully saturated rings. The van der Waals surface area contributed by atoms with Crippen molar-refractivity contribution >= 4 is 44.3 Å². The number of phenols is 1.